The summed E-state index contributed by atoms with van der Waals surface area (Å²) < 4.78 is 29.7. The van der Waals surface area contributed by atoms with Gasteiger partial charge in [0.25, 0.3) is 0 Å². The van der Waals surface area contributed by atoms with Gasteiger partial charge >= 0.3 is 10.3 Å². The van der Waals surface area contributed by atoms with Crippen LogP contribution in [0.15, 0.2) is 22.6 Å². The monoisotopic (exact) mass is 197 g/mol. The predicted octanol–water partition coefficient (Wildman–Crippen LogP) is 1.05. The zero-order valence-electron chi connectivity index (χ0n) is 6.89. The van der Waals surface area contributed by atoms with Crippen LogP contribution < -0.4 is 4.18 Å². The third-order valence-corrected chi connectivity index (χ3v) is 2.44. The van der Waals surface area contributed by atoms with Gasteiger partial charge in [-0.25, -0.2) is 0 Å². The molecule has 0 N–H and O–H groups in total. The van der Waals surface area contributed by atoms with Crippen LogP contribution in [0.4, 0.5) is 0 Å². The van der Waals surface area contributed by atoms with Crippen molar-refractivity contribution in [3.05, 3.63) is 29.3 Å². The van der Waals surface area contributed by atoms with Crippen LogP contribution in [0.1, 0.15) is 11.1 Å². The van der Waals surface area contributed by atoms with Crippen molar-refractivity contribution in [1.82, 2.24) is 0 Å². The van der Waals surface area contributed by atoms with Gasteiger partial charge in [0.05, 0.1) is 6.21 Å². The van der Waals surface area contributed by atoms with Crippen LogP contribution in [0.3, 0.4) is 0 Å². The molecule has 1 aliphatic rings. The number of fused-ring (bicyclic) bond motifs is 1. The summed E-state index contributed by atoms with van der Waals surface area (Å²) in [6.07, 6.45) is 1.29. The standard InChI is InChI=1S/C8H7NO3S/c1-6-2-3-8-7(4-6)5-9-13(10,11)12-8/h2-5H,1H3. The van der Waals surface area contributed by atoms with Gasteiger partial charge in [0.15, 0.2) is 5.75 Å². The molecule has 1 aliphatic heterocycles. The summed E-state index contributed by atoms with van der Waals surface area (Å²) in [5, 5.41) is 0. The Morgan fingerprint density at radius 1 is 1.38 bits per heavy atom. The first-order valence-electron chi connectivity index (χ1n) is 3.67. The minimum Gasteiger partial charge on any atom is -0.365 e. The highest BCUT2D eigenvalue weighted by molar-refractivity contribution is 7.86. The van der Waals surface area contributed by atoms with E-state index in [1.54, 1.807) is 12.1 Å². The van der Waals surface area contributed by atoms with Crippen molar-refractivity contribution >= 4 is 16.5 Å². The van der Waals surface area contributed by atoms with Crippen LogP contribution in [-0.2, 0) is 10.3 Å². The van der Waals surface area contributed by atoms with Gasteiger partial charge in [-0.15, -0.1) is 4.40 Å². The van der Waals surface area contributed by atoms with E-state index in [4.69, 9.17) is 0 Å². The van der Waals surface area contributed by atoms with Crippen LogP contribution in [0.25, 0.3) is 0 Å². The zero-order valence-corrected chi connectivity index (χ0v) is 7.71. The second-order valence-corrected chi connectivity index (χ2v) is 4.02. The summed E-state index contributed by atoms with van der Waals surface area (Å²) >= 11 is 0. The lowest BCUT2D eigenvalue weighted by atomic mass is 10.1. The number of aryl methyl sites for hydroxylation is 1. The number of benzene rings is 1. The first-order valence-corrected chi connectivity index (χ1v) is 5.04. The summed E-state index contributed by atoms with van der Waals surface area (Å²) in [7, 11) is -3.74. The molecule has 0 atom stereocenters. The fraction of sp³-hybridized carbons (Fsp3) is 0.125. The van der Waals surface area contributed by atoms with Crippen LogP contribution >= 0.6 is 0 Å². The number of nitrogens with zero attached hydrogens (tertiary/aromatic N) is 1. The Hall–Kier alpha value is -1.36. The van der Waals surface area contributed by atoms with Crippen LogP contribution in [0, 0.1) is 6.92 Å². The van der Waals surface area contributed by atoms with Crippen LogP contribution in [0.5, 0.6) is 5.75 Å². The SMILES string of the molecule is Cc1ccc2c(c1)C=NS(=O)(=O)O2. The third kappa shape index (κ3) is 1.55. The molecule has 0 aliphatic carbocycles. The molecule has 0 radical (unpaired) electrons. The molecular weight excluding hydrogens is 190 g/mol. The van der Waals surface area contributed by atoms with Crippen molar-refractivity contribution in [2.75, 3.05) is 0 Å². The van der Waals surface area contributed by atoms with Gasteiger partial charge in [-0.05, 0) is 19.1 Å². The molecule has 0 fully saturated rings. The maximum Gasteiger partial charge on any atom is 0.428 e. The molecule has 5 heteroatoms. The van der Waals surface area contributed by atoms with E-state index in [2.05, 4.69) is 8.58 Å². The van der Waals surface area contributed by atoms with E-state index in [0.717, 1.165) is 5.56 Å². The maximum absolute atomic E-state index is 10.9. The normalized spacial score (nSPS) is 17.6. The fourth-order valence-electron chi connectivity index (χ4n) is 1.10. The Balaban J connectivity index is 2.59. The Kier molecular flexibility index (Phi) is 1.63. The van der Waals surface area contributed by atoms with Crippen LogP contribution in [0.2, 0.25) is 0 Å². The van der Waals surface area contributed by atoms with E-state index in [-0.39, 0.29) is 0 Å². The Morgan fingerprint density at radius 3 is 2.92 bits per heavy atom. The molecule has 0 unspecified atom stereocenters. The Bertz CT molecular complexity index is 476. The van der Waals surface area contributed by atoms with Gasteiger partial charge in [-0.2, -0.15) is 8.42 Å². The summed E-state index contributed by atoms with van der Waals surface area (Å²) in [4.78, 5) is 0. The molecule has 0 spiro atoms. The van der Waals surface area contributed by atoms with Crippen molar-refractivity contribution in [2.24, 2.45) is 4.40 Å². The van der Waals surface area contributed by atoms with Gasteiger partial charge < -0.3 is 4.18 Å². The average Bonchev–Trinajstić information content (AvgIpc) is 2.05. The lowest BCUT2D eigenvalue weighted by Gasteiger charge is -2.10. The largest absolute Gasteiger partial charge is 0.428 e. The lowest BCUT2D eigenvalue weighted by Crippen LogP contribution is -2.12. The van der Waals surface area contributed by atoms with Gasteiger partial charge in [-0.3, -0.25) is 0 Å². The van der Waals surface area contributed by atoms with Gasteiger partial charge in [0, 0.05) is 5.56 Å². The van der Waals surface area contributed by atoms with E-state index >= 15 is 0 Å². The summed E-state index contributed by atoms with van der Waals surface area (Å²) in [6, 6.07) is 5.22. The molecule has 1 heterocycles. The highest BCUT2D eigenvalue weighted by Crippen LogP contribution is 2.23. The highest BCUT2D eigenvalue weighted by atomic mass is 32.2. The molecule has 4 nitrogen and oxygen atoms in total. The first kappa shape index (κ1) is 8.25. The quantitative estimate of drug-likeness (QED) is 0.624. The van der Waals surface area contributed by atoms with Crippen molar-refractivity contribution in [3.63, 3.8) is 0 Å². The third-order valence-electron chi connectivity index (χ3n) is 1.68. The first-order chi connectivity index (χ1) is 6.07. The second-order valence-electron chi connectivity index (χ2n) is 2.79. The minimum absolute atomic E-state index is 0.334. The molecule has 0 aromatic heterocycles. The molecule has 68 valence electrons. The predicted molar refractivity (Wildman–Crippen MR) is 48.3 cm³/mol. The van der Waals surface area contributed by atoms with E-state index in [9.17, 15) is 8.42 Å². The van der Waals surface area contributed by atoms with E-state index < -0.39 is 10.3 Å². The molecular formula is C8H7NO3S. The van der Waals surface area contributed by atoms with E-state index in [0.29, 0.717) is 11.3 Å². The molecule has 0 saturated carbocycles. The fourth-order valence-corrected chi connectivity index (χ4v) is 1.77. The zero-order chi connectivity index (χ0) is 9.47. The van der Waals surface area contributed by atoms with Crippen molar-refractivity contribution < 1.29 is 12.6 Å². The van der Waals surface area contributed by atoms with E-state index in [1.165, 1.54) is 6.21 Å². The molecule has 0 saturated heterocycles. The Labute approximate surface area is 76.1 Å². The van der Waals surface area contributed by atoms with Gasteiger partial charge in [0.2, 0.25) is 0 Å². The van der Waals surface area contributed by atoms with Crippen LogP contribution in [-0.4, -0.2) is 14.6 Å². The minimum atomic E-state index is -3.74. The summed E-state index contributed by atoms with van der Waals surface area (Å²) in [5.74, 6) is 0.334. The van der Waals surface area contributed by atoms with Crippen molar-refractivity contribution in [3.8, 4) is 5.75 Å². The van der Waals surface area contributed by atoms with Crippen molar-refractivity contribution in [1.29, 1.82) is 0 Å². The smallest absolute Gasteiger partial charge is 0.365 e. The lowest BCUT2D eigenvalue weighted by molar-refractivity contribution is 0.485. The topological polar surface area (TPSA) is 55.7 Å². The summed E-state index contributed by atoms with van der Waals surface area (Å²) in [5.41, 5.74) is 1.72. The summed E-state index contributed by atoms with van der Waals surface area (Å²) in [6.45, 7) is 1.91. The average molecular weight is 197 g/mol. The van der Waals surface area contributed by atoms with Crippen molar-refractivity contribution in [2.45, 2.75) is 6.92 Å². The molecule has 1 aromatic rings. The van der Waals surface area contributed by atoms with Gasteiger partial charge in [0.1, 0.15) is 0 Å². The molecule has 13 heavy (non-hydrogen) atoms. The number of hydrogen-bond acceptors (Lipinski definition) is 3. The maximum atomic E-state index is 10.9. The molecule has 0 bridgehead atoms. The molecule has 1 aromatic carbocycles. The van der Waals surface area contributed by atoms with Gasteiger partial charge in [-0.1, -0.05) is 11.6 Å². The van der Waals surface area contributed by atoms with E-state index in [1.807, 2.05) is 13.0 Å². The molecule has 0 amide bonds. The number of rotatable bonds is 0. The number of hydrogen-bond donors (Lipinski definition) is 0. The Morgan fingerprint density at radius 2 is 2.15 bits per heavy atom. The highest BCUT2D eigenvalue weighted by Gasteiger charge is 2.17. The molecule has 2 rings (SSSR count). The second kappa shape index (κ2) is 2.56.